The molecule has 4 unspecified atom stereocenters. The van der Waals surface area contributed by atoms with Gasteiger partial charge in [0.05, 0.1) is 12.9 Å². The van der Waals surface area contributed by atoms with Crippen LogP contribution in [-0.2, 0) is 41.1 Å². The predicted molar refractivity (Wildman–Crippen MR) is 159 cm³/mol. The maximum Gasteiger partial charge on any atom is 0.280 e. The Bertz CT molecular complexity index is 1360. The summed E-state index contributed by atoms with van der Waals surface area (Å²) in [5, 5.41) is 22.3. The van der Waals surface area contributed by atoms with Gasteiger partial charge in [-0.1, -0.05) is 28.7 Å². The number of aromatic nitrogens is 4. The Hall–Kier alpha value is -2.26. The predicted octanol–water partition coefficient (Wildman–Crippen LogP) is -1.21. The Morgan fingerprint density at radius 1 is 1.15 bits per heavy atom. The van der Waals surface area contributed by atoms with Gasteiger partial charge in [0.25, 0.3) is 23.5 Å². The smallest absolute Gasteiger partial charge is 0.280 e. The minimum absolute atomic E-state index is 0. The van der Waals surface area contributed by atoms with Crippen molar-refractivity contribution in [2.24, 2.45) is 0 Å². The fraction of sp³-hybridized carbons (Fsp3) is 0.667. The number of carbonyl (C=O) groups excluding carboxylic acids is 1. The van der Waals surface area contributed by atoms with E-state index in [1.54, 1.807) is 14.0 Å². The second kappa shape index (κ2) is 20.9. The molecule has 7 N–H and O–H groups in total. The minimum atomic E-state index is -6.13. The van der Waals surface area contributed by atoms with E-state index in [4.69, 9.17) is 25.5 Å². The van der Waals surface area contributed by atoms with Crippen molar-refractivity contribution in [3.8, 4) is 0 Å². The molecular weight excluding hydrogens is 681 g/mol. The van der Waals surface area contributed by atoms with Gasteiger partial charge in [-0.2, -0.15) is 0 Å². The number of hydrogen-bond acceptors (Lipinski definition) is 19. The molecule has 0 aliphatic carbocycles. The van der Waals surface area contributed by atoms with Gasteiger partial charge in [-0.05, 0) is 20.2 Å². The molecule has 22 nitrogen and oxygen atoms in total. The quantitative estimate of drug-likeness (QED) is 0.0756. The molecule has 2 aromatic rings. The Balaban J connectivity index is 0. The lowest BCUT2D eigenvalue weighted by Crippen LogP contribution is -2.39. The van der Waals surface area contributed by atoms with Crippen molar-refractivity contribution < 1.29 is 65.8 Å². The van der Waals surface area contributed by atoms with E-state index in [2.05, 4.69) is 38.7 Å². The first-order valence-corrected chi connectivity index (χ1v) is 16.9. The molecule has 0 radical (unpaired) electrons. The summed E-state index contributed by atoms with van der Waals surface area (Å²) in [5.41, 5.74) is 6.06. The summed E-state index contributed by atoms with van der Waals surface area (Å²) in [7, 11) is -16.2. The number of aliphatic hydroxyl groups excluding tert-OH is 1. The van der Waals surface area contributed by atoms with Gasteiger partial charge in [-0.25, -0.2) is 23.6 Å². The van der Waals surface area contributed by atoms with Gasteiger partial charge in [0.15, 0.2) is 17.7 Å². The van der Waals surface area contributed by atoms with E-state index < -0.39 is 67.1 Å². The number of nitrogen functional groups attached to an aromatic ring is 1. The van der Waals surface area contributed by atoms with Crippen LogP contribution in [0, 0.1) is 5.41 Å². The van der Waals surface area contributed by atoms with Gasteiger partial charge in [0.2, 0.25) is 5.91 Å². The molecule has 3 heterocycles. The van der Waals surface area contributed by atoms with Crippen LogP contribution in [0.1, 0.15) is 41.9 Å². The Morgan fingerprint density at radius 3 is 2.33 bits per heavy atom. The molecule has 7 atom stereocenters. The SMILES string of the molecule is C.C.CC.CC=N.CNCCNC(=O)CO[C@H]1C(O)[C@@H](COP(=O)([O-])OP(=O)([O-])OP(=O)([O-])O)O[C@H]1n1cnc2c(N)ncnc21. The number of rotatable bonds is 14. The molecule has 25 heteroatoms. The second-order valence-corrected chi connectivity index (χ2v) is 12.3. The van der Waals surface area contributed by atoms with Crippen molar-refractivity contribution in [1.82, 2.24) is 30.2 Å². The number of aliphatic hydroxyl groups is 1. The lowest BCUT2D eigenvalue weighted by molar-refractivity contribution is -0.250. The molecule has 1 aliphatic rings. The number of nitrogens with one attached hydrogen (secondary N) is 3. The van der Waals surface area contributed by atoms with E-state index in [0.29, 0.717) is 6.54 Å². The topological polar surface area (TPSA) is 342 Å². The first-order chi connectivity index (χ1) is 20.5. The molecular formula is C21H42N8O14P3-3. The van der Waals surface area contributed by atoms with Crippen LogP contribution in [-0.4, -0.2) is 93.3 Å². The van der Waals surface area contributed by atoms with Gasteiger partial charge in [0, 0.05) is 13.1 Å². The summed E-state index contributed by atoms with van der Waals surface area (Å²) in [4.78, 5) is 66.4. The average molecular weight is 724 g/mol. The lowest BCUT2D eigenvalue weighted by Gasteiger charge is -2.33. The van der Waals surface area contributed by atoms with Crippen molar-refractivity contribution >= 4 is 52.6 Å². The molecule has 1 fully saturated rings. The zero-order valence-corrected chi connectivity index (χ0v) is 26.6. The number of likely N-dealkylation sites (N-methyl/N-ethyl adjacent to an activating group) is 1. The van der Waals surface area contributed by atoms with Crippen molar-refractivity contribution in [3.05, 3.63) is 12.7 Å². The lowest BCUT2D eigenvalue weighted by atomic mass is 10.1. The van der Waals surface area contributed by atoms with Crippen LogP contribution < -0.4 is 31.0 Å². The summed E-state index contributed by atoms with van der Waals surface area (Å²) >= 11 is 0. The molecule has 0 spiro atoms. The van der Waals surface area contributed by atoms with E-state index in [1.807, 2.05) is 13.8 Å². The Kier molecular flexibility index (Phi) is 20.8. The Morgan fingerprint density at radius 2 is 1.76 bits per heavy atom. The number of anilines is 1. The van der Waals surface area contributed by atoms with Crippen molar-refractivity contribution in [2.45, 2.75) is 60.2 Å². The highest BCUT2D eigenvalue weighted by Crippen LogP contribution is 2.61. The highest BCUT2D eigenvalue weighted by Gasteiger charge is 2.47. The third-order valence-corrected chi connectivity index (χ3v) is 8.57. The number of hydrogen-bond donors (Lipinski definition) is 6. The van der Waals surface area contributed by atoms with Crippen LogP contribution in [0.4, 0.5) is 5.82 Å². The number of fused-ring (bicyclic) bond motifs is 1. The van der Waals surface area contributed by atoms with E-state index >= 15 is 0 Å². The molecule has 3 rings (SSSR count). The zero-order chi connectivity index (χ0) is 33.7. The number of carbonyl (C=O) groups is 1. The number of phosphoric acid groups is 3. The van der Waals surface area contributed by atoms with Crippen LogP contribution >= 0.6 is 23.5 Å². The second-order valence-electron chi connectivity index (χ2n) is 7.98. The molecule has 46 heavy (non-hydrogen) atoms. The van der Waals surface area contributed by atoms with Crippen LogP contribution in [0.15, 0.2) is 12.7 Å². The van der Waals surface area contributed by atoms with Crippen LogP contribution in [0.5, 0.6) is 0 Å². The van der Waals surface area contributed by atoms with E-state index in [0.717, 1.165) is 6.33 Å². The number of nitrogens with two attached hydrogens (primary N) is 1. The van der Waals surface area contributed by atoms with Gasteiger partial charge < -0.3 is 60.5 Å². The molecule has 2 aromatic heterocycles. The largest absolute Gasteiger partial charge is 0.756 e. The Labute approximate surface area is 266 Å². The highest BCUT2D eigenvalue weighted by atomic mass is 31.3. The van der Waals surface area contributed by atoms with Crippen molar-refractivity contribution in [3.63, 3.8) is 0 Å². The molecule has 0 bridgehead atoms. The van der Waals surface area contributed by atoms with Gasteiger partial charge in [-0.3, -0.25) is 23.1 Å². The van der Waals surface area contributed by atoms with E-state index in [1.165, 1.54) is 17.1 Å². The molecule has 1 saturated heterocycles. The normalized spacial score (nSPS) is 22.5. The van der Waals surface area contributed by atoms with Gasteiger partial charge in [-0.15, -0.1) is 0 Å². The van der Waals surface area contributed by atoms with Crippen LogP contribution in [0.25, 0.3) is 11.2 Å². The number of amides is 1. The van der Waals surface area contributed by atoms with Crippen LogP contribution in [0.2, 0.25) is 0 Å². The molecule has 1 aliphatic heterocycles. The summed E-state index contributed by atoms with van der Waals surface area (Å²) in [6, 6.07) is 0. The van der Waals surface area contributed by atoms with Gasteiger partial charge >= 0.3 is 0 Å². The standard InChI is InChI=1S/C15H26N7O14P3.C2H5N.C2H6.2CH4/c1-17-2-3-18-9(23)5-32-12-11(24)8(4-33-38(28,29)36-39(30,31)35-37(25,26)27)34-15(12)22-7-21-10-13(16)19-6-20-14(10)22;1-2-3;1-2;;/h6-8,11-12,15,17,24H,2-5H2,1H3,(H,18,23)(H,28,29)(H,30,31)(H2,16,19,20)(H2,25,26,27);2-3H,1H3;1-2H3;2*1H4/p-3/t8-,11?,12+,15-;;;;/m1..../s1. The monoisotopic (exact) mass is 723 g/mol. The third-order valence-electron chi connectivity index (χ3n) is 4.88. The summed E-state index contributed by atoms with van der Waals surface area (Å²) in [5.74, 6) is -0.543. The zero-order valence-electron chi connectivity index (χ0n) is 23.9. The first kappa shape index (κ1) is 45.9. The molecule has 1 amide bonds. The summed E-state index contributed by atoms with van der Waals surface area (Å²) in [6.07, 6.45) is -2.31. The maximum atomic E-state index is 12.1. The fourth-order valence-corrected chi connectivity index (χ4v) is 6.21. The molecule has 0 aromatic carbocycles. The summed E-state index contributed by atoms with van der Waals surface area (Å²) in [6.45, 7) is 4.77. The number of nitrogens with zero attached hydrogens (tertiary/aromatic N) is 4. The van der Waals surface area contributed by atoms with Crippen molar-refractivity contribution in [2.75, 3.05) is 39.1 Å². The number of ether oxygens (including phenoxy) is 2. The van der Waals surface area contributed by atoms with Crippen LogP contribution in [0.3, 0.4) is 0 Å². The number of imidazole rings is 1. The average Bonchev–Trinajstić information content (AvgIpc) is 3.47. The van der Waals surface area contributed by atoms with Crippen molar-refractivity contribution in [1.29, 1.82) is 5.41 Å². The van der Waals surface area contributed by atoms with Gasteiger partial charge in [0.1, 0.15) is 36.8 Å². The molecule has 0 saturated carbocycles. The highest BCUT2D eigenvalue weighted by molar-refractivity contribution is 7.65. The fourth-order valence-electron chi connectivity index (χ4n) is 3.32. The summed E-state index contributed by atoms with van der Waals surface area (Å²) < 4.78 is 57.5. The molecule has 268 valence electrons. The van der Waals surface area contributed by atoms with E-state index in [-0.39, 0.29) is 38.4 Å². The number of phosphoric ester groups is 1. The van der Waals surface area contributed by atoms with E-state index in [9.17, 15) is 38.3 Å². The minimum Gasteiger partial charge on any atom is -0.756 e. The third kappa shape index (κ3) is 14.7. The maximum absolute atomic E-state index is 12.1. The first-order valence-electron chi connectivity index (χ1n) is 12.5.